The fourth-order valence-corrected chi connectivity index (χ4v) is 2.30. The second-order valence-corrected chi connectivity index (χ2v) is 5.41. The average molecular weight is 324 g/mol. The predicted molar refractivity (Wildman–Crippen MR) is 92.2 cm³/mol. The Kier molecular flexibility index (Phi) is 8.78. The molecule has 5 heteroatoms. The Morgan fingerprint density at radius 1 is 1.00 bits per heavy atom. The van der Waals surface area contributed by atoms with Gasteiger partial charge in [-0.3, -0.25) is 0 Å². The average Bonchev–Trinajstić information content (AvgIpc) is 2.99. The molecule has 4 nitrogen and oxygen atoms in total. The van der Waals surface area contributed by atoms with Gasteiger partial charge in [-0.15, -0.1) is 12.4 Å². The van der Waals surface area contributed by atoms with Crippen molar-refractivity contribution in [1.29, 1.82) is 0 Å². The smallest absolute Gasteiger partial charge is 0.227 e. The van der Waals surface area contributed by atoms with Crippen molar-refractivity contribution in [1.82, 2.24) is 10.1 Å². The highest BCUT2D eigenvalue weighted by Crippen LogP contribution is 2.18. The number of aromatic nitrogens is 2. The molecule has 0 saturated heterocycles. The van der Waals surface area contributed by atoms with Gasteiger partial charge < -0.3 is 10.3 Å². The van der Waals surface area contributed by atoms with Crippen molar-refractivity contribution in [3.8, 4) is 11.4 Å². The Balaban J connectivity index is 0.00000242. The third-order valence-corrected chi connectivity index (χ3v) is 3.59. The van der Waals surface area contributed by atoms with Crippen LogP contribution in [0.25, 0.3) is 11.4 Å². The molecule has 0 spiro atoms. The molecule has 0 aliphatic rings. The van der Waals surface area contributed by atoms with Gasteiger partial charge in [0.2, 0.25) is 11.7 Å². The molecule has 0 bridgehead atoms. The van der Waals surface area contributed by atoms with Crippen LogP contribution >= 0.6 is 12.4 Å². The fourth-order valence-electron chi connectivity index (χ4n) is 2.30. The van der Waals surface area contributed by atoms with Crippen molar-refractivity contribution in [2.24, 2.45) is 5.73 Å². The number of hydrogen-bond acceptors (Lipinski definition) is 4. The first-order valence-corrected chi connectivity index (χ1v) is 7.95. The van der Waals surface area contributed by atoms with E-state index in [9.17, 15) is 0 Å². The Bertz CT molecular complexity index is 525. The van der Waals surface area contributed by atoms with Crippen LogP contribution in [0.1, 0.15) is 50.5 Å². The lowest BCUT2D eigenvalue weighted by molar-refractivity contribution is 0.376. The molecule has 0 atom stereocenters. The Morgan fingerprint density at radius 3 is 2.45 bits per heavy atom. The summed E-state index contributed by atoms with van der Waals surface area (Å²) in [7, 11) is 0. The van der Waals surface area contributed by atoms with Crippen molar-refractivity contribution in [2.45, 2.75) is 51.9 Å². The third kappa shape index (κ3) is 5.78. The van der Waals surface area contributed by atoms with Gasteiger partial charge in [0.05, 0.1) is 0 Å². The number of nitrogens with two attached hydrogens (primary N) is 1. The van der Waals surface area contributed by atoms with E-state index in [1.54, 1.807) is 0 Å². The molecule has 1 heterocycles. The molecule has 2 aromatic rings. The van der Waals surface area contributed by atoms with E-state index in [1.165, 1.54) is 31.2 Å². The number of halogens is 1. The highest BCUT2D eigenvalue weighted by Gasteiger charge is 2.08. The quantitative estimate of drug-likeness (QED) is 0.703. The SMILES string of the molecule is CCCCCCc1ccc(-c2noc(CCCN)n2)cc1.Cl. The van der Waals surface area contributed by atoms with Gasteiger partial charge in [0.15, 0.2) is 0 Å². The van der Waals surface area contributed by atoms with Crippen LogP contribution in [0.15, 0.2) is 28.8 Å². The van der Waals surface area contributed by atoms with Crippen molar-refractivity contribution in [2.75, 3.05) is 6.54 Å². The zero-order chi connectivity index (χ0) is 14.9. The molecule has 2 N–H and O–H groups in total. The third-order valence-electron chi connectivity index (χ3n) is 3.59. The normalized spacial score (nSPS) is 10.5. The van der Waals surface area contributed by atoms with Crippen LogP contribution in [0, 0.1) is 0 Å². The topological polar surface area (TPSA) is 64.9 Å². The summed E-state index contributed by atoms with van der Waals surface area (Å²) in [6, 6.07) is 8.48. The lowest BCUT2D eigenvalue weighted by Crippen LogP contribution is -2.00. The summed E-state index contributed by atoms with van der Waals surface area (Å²) in [5.74, 6) is 1.33. The second-order valence-electron chi connectivity index (χ2n) is 5.41. The van der Waals surface area contributed by atoms with Gasteiger partial charge in [-0.05, 0) is 31.4 Å². The molecule has 1 aromatic carbocycles. The minimum Gasteiger partial charge on any atom is -0.339 e. The molecule has 0 aliphatic carbocycles. The predicted octanol–water partition coefficient (Wildman–Crippen LogP) is 4.17. The maximum atomic E-state index is 5.48. The number of rotatable bonds is 9. The van der Waals surface area contributed by atoms with E-state index in [4.69, 9.17) is 10.3 Å². The maximum Gasteiger partial charge on any atom is 0.227 e. The number of benzene rings is 1. The van der Waals surface area contributed by atoms with E-state index in [1.807, 2.05) is 0 Å². The highest BCUT2D eigenvalue weighted by molar-refractivity contribution is 5.85. The summed E-state index contributed by atoms with van der Waals surface area (Å²) in [5.41, 5.74) is 7.87. The fraction of sp³-hybridized carbons (Fsp3) is 0.529. The van der Waals surface area contributed by atoms with Gasteiger partial charge in [-0.25, -0.2) is 0 Å². The molecule has 0 radical (unpaired) electrons. The Labute approximate surface area is 138 Å². The molecule has 0 unspecified atom stereocenters. The molecule has 22 heavy (non-hydrogen) atoms. The monoisotopic (exact) mass is 323 g/mol. The van der Waals surface area contributed by atoms with Crippen molar-refractivity contribution in [3.63, 3.8) is 0 Å². The first-order valence-electron chi connectivity index (χ1n) is 7.95. The Hall–Kier alpha value is -1.39. The van der Waals surface area contributed by atoms with Crippen LogP contribution < -0.4 is 5.73 Å². The molecule has 2 rings (SSSR count). The zero-order valence-corrected chi connectivity index (χ0v) is 14.1. The van der Waals surface area contributed by atoms with E-state index in [0.717, 1.165) is 24.8 Å². The van der Waals surface area contributed by atoms with Crippen LogP contribution in [-0.2, 0) is 12.8 Å². The molecule has 0 aliphatic heterocycles. The van der Waals surface area contributed by atoms with Crippen LogP contribution in [0.4, 0.5) is 0 Å². The lowest BCUT2D eigenvalue weighted by Gasteiger charge is -2.02. The summed E-state index contributed by atoms with van der Waals surface area (Å²) >= 11 is 0. The van der Waals surface area contributed by atoms with Gasteiger partial charge >= 0.3 is 0 Å². The largest absolute Gasteiger partial charge is 0.339 e. The van der Waals surface area contributed by atoms with E-state index in [-0.39, 0.29) is 12.4 Å². The van der Waals surface area contributed by atoms with Gasteiger partial charge in [-0.1, -0.05) is 55.6 Å². The summed E-state index contributed by atoms with van der Waals surface area (Å²) in [4.78, 5) is 4.40. The molecule has 0 amide bonds. The lowest BCUT2D eigenvalue weighted by atomic mass is 10.0. The number of hydrogen-bond donors (Lipinski definition) is 1. The zero-order valence-electron chi connectivity index (χ0n) is 13.3. The van der Waals surface area contributed by atoms with Crippen LogP contribution in [-0.4, -0.2) is 16.7 Å². The molecule has 0 fully saturated rings. The standard InChI is InChI=1S/C17H25N3O.ClH/c1-2-3-4-5-7-14-9-11-15(12-10-14)17-19-16(21-20-17)8-6-13-18;/h9-12H,2-8,13,18H2,1H3;1H. The minimum absolute atomic E-state index is 0. The van der Waals surface area contributed by atoms with E-state index in [2.05, 4.69) is 41.3 Å². The Morgan fingerprint density at radius 2 is 1.77 bits per heavy atom. The van der Waals surface area contributed by atoms with Gasteiger partial charge in [0, 0.05) is 12.0 Å². The van der Waals surface area contributed by atoms with Crippen molar-refractivity contribution in [3.05, 3.63) is 35.7 Å². The summed E-state index contributed by atoms with van der Waals surface area (Å²) in [6.45, 7) is 2.88. The van der Waals surface area contributed by atoms with Gasteiger partial charge in [0.25, 0.3) is 0 Å². The molecular formula is C17H26ClN3O. The maximum absolute atomic E-state index is 5.48. The highest BCUT2D eigenvalue weighted by atomic mass is 35.5. The van der Waals surface area contributed by atoms with Crippen molar-refractivity contribution >= 4 is 12.4 Å². The molecule has 122 valence electrons. The molecule has 0 saturated carbocycles. The summed E-state index contributed by atoms with van der Waals surface area (Å²) in [6.07, 6.45) is 7.95. The summed E-state index contributed by atoms with van der Waals surface area (Å²) in [5, 5.41) is 4.03. The summed E-state index contributed by atoms with van der Waals surface area (Å²) < 4.78 is 5.23. The number of unbranched alkanes of at least 4 members (excludes halogenated alkanes) is 3. The molecule has 1 aromatic heterocycles. The first-order chi connectivity index (χ1) is 10.3. The van der Waals surface area contributed by atoms with E-state index in [0.29, 0.717) is 18.3 Å². The first kappa shape index (κ1) is 18.7. The van der Waals surface area contributed by atoms with Gasteiger partial charge in [0.1, 0.15) is 0 Å². The number of aryl methyl sites for hydroxylation is 2. The van der Waals surface area contributed by atoms with Gasteiger partial charge in [-0.2, -0.15) is 4.98 Å². The van der Waals surface area contributed by atoms with E-state index < -0.39 is 0 Å². The van der Waals surface area contributed by atoms with Crippen molar-refractivity contribution < 1.29 is 4.52 Å². The second kappa shape index (κ2) is 10.4. The van der Waals surface area contributed by atoms with Crippen LogP contribution in [0.3, 0.4) is 0 Å². The minimum atomic E-state index is 0. The van der Waals surface area contributed by atoms with Crippen LogP contribution in [0.2, 0.25) is 0 Å². The molecular weight excluding hydrogens is 298 g/mol. The number of nitrogens with zero attached hydrogens (tertiary/aromatic N) is 2. The van der Waals surface area contributed by atoms with E-state index >= 15 is 0 Å². The van der Waals surface area contributed by atoms with Crippen LogP contribution in [0.5, 0.6) is 0 Å².